The fraction of sp³-hybridized carbons (Fsp3) is 0.346. The van der Waals surface area contributed by atoms with Gasteiger partial charge in [-0.15, -0.1) is 0 Å². The predicted octanol–water partition coefficient (Wildman–Crippen LogP) is 3.38. The number of aromatic nitrogens is 1. The number of hydrogen-bond donors (Lipinski definition) is 6. The Hall–Kier alpha value is -4.21. The molecular formula is C26H30N4O6. The summed E-state index contributed by atoms with van der Waals surface area (Å²) in [6.07, 6.45) is 7.46. The molecule has 1 amide bonds. The highest BCUT2D eigenvalue weighted by Crippen LogP contribution is 2.27. The van der Waals surface area contributed by atoms with E-state index in [1.165, 1.54) is 19.3 Å². The van der Waals surface area contributed by atoms with Crippen molar-refractivity contribution in [3.8, 4) is 5.75 Å². The molecule has 0 unspecified atom stereocenters. The van der Waals surface area contributed by atoms with E-state index in [1.807, 2.05) is 0 Å². The van der Waals surface area contributed by atoms with Crippen LogP contribution in [0.25, 0.3) is 10.9 Å². The fourth-order valence-electron chi connectivity index (χ4n) is 4.53. The number of benzene rings is 2. The Morgan fingerprint density at radius 1 is 1.08 bits per heavy atom. The van der Waals surface area contributed by atoms with Gasteiger partial charge in [0, 0.05) is 35.1 Å². The van der Waals surface area contributed by atoms with Crippen molar-refractivity contribution in [3.63, 3.8) is 0 Å². The van der Waals surface area contributed by atoms with Gasteiger partial charge in [-0.1, -0.05) is 19.3 Å². The minimum atomic E-state index is -1.19. The highest BCUT2D eigenvalue weighted by atomic mass is 16.5. The first-order valence-corrected chi connectivity index (χ1v) is 11.9. The summed E-state index contributed by atoms with van der Waals surface area (Å²) in [6, 6.07) is 9.10. The van der Waals surface area contributed by atoms with Gasteiger partial charge in [0.05, 0.1) is 11.4 Å². The van der Waals surface area contributed by atoms with Gasteiger partial charge < -0.3 is 36.3 Å². The van der Waals surface area contributed by atoms with Crippen molar-refractivity contribution in [2.45, 2.75) is 50.6 Å². The second kappa shape index (κ2) is 11.0. The monoisotopic (exact) mass is 494 g/mol. The van der Waals surface area contributed by atoms with Crippen LogP contribution in [0.4, 0.5) is 11.4 Å². The van der Waals surface area contributed by atoms with Crippen LogP contribution in [0, 0.1) is 0 Å². The van der Waals surface area contributed by atoms with E-state index in [2.05, 4.69) is 15.6 Å². The topological polar surface area (TPSA) is 167 Å². The molecule has 3 aromatic rings. The van der Waals surface area contributed by atoms with Gasteiger partial charge in [0.25, 0.3) is 5.91 Å². The third kappa shape index (κ3) is 6.07. The number of aromatic amines is 1. The zero-order valence-electron chi connectivity index (χ0n) is 19.8. The van der Waals surface area contributed by atoms with E-state index in [4.69, 9.17) is 15.6 Å². The Bertz CT molecular complexity index is 1260. The van der Waals surface area contributed by atoms with E-state index in [0.29, 0.717) is 28.4 Å². The first kappa shape index (κ1) is 24.9. The van der Waals surface area contributed by atoms with Gasteiger partial charge in [-0.2, -0.15) is 0 Å². The van der Waals surface area contributed by atoms with Gasteiger partial charge >= 0.3 is 11.9 Å². The number of carbonyl (C=O) groups is 3. The second-order valence-electron chi connectivity index (χ2n) is 9.05. The van der Waals surface area contributed by atoms with Crippen molar-refractivity contribution >= 4 is 40.1 Å². The molecule has 0 aliphatic heterocycles. The number of carbonyl (C=O) groups excluding carboxylic acids is 1. The van der Waals surface area contributed by atoms with Gasteiger partial charge in [-0.3, -0.25) is 4.79 Å². The fourth-order valence-corrected chi connectivity index (χ4v) is 4.53. The Labute approximate surface area is 207 Å². The summed E-state index contributed by atoms with van der Waals surface area (Å²) in [7, 11) is 0. The third-order valence-corrected chi connectivity index (χ3v) is 6.41. The highest BCUT2D eigenvalue weighted by molar-refractivity contribution is 5.98. The highest BCUT2D eigenvalue weighted by Gasteiger charge is 2.23. The van der Waals surface area contributed by atoms with Crippen LogP contribution in [-0.4, -0.2) is 51.7 Å². The number of amides is 1. The number of carboxylic acids is 2. The second-order valence-corrected chi connectivity index (χ2v) is 9.05. The average Bonchev–Trinajstić information content (AvgIpc) is 3.26. The molecule has 1 aliphatic carbocycles. The van der Waals surface area contributed by atoms with Gasteiger partial charge in [-0.25, -0.2) is 9.59 Å². The van der Waals surface area contributed by atoms with Crippen molar-refractivity contribution in [3.05, 3.63) is 53.7 Å². The summed E-state index contributed by atoms with van der Waals surface area (Å²) in [4.78, 5) is 38.7. The summed E-state index contributed by atoms with van der Waals surface area (Å²) in [6.45, 7) is -0.489. The maximum absolute atomic E-state index is 12.9. The van der Waals surface area contributed by atoms with E-state index in [1.54, 1.807) is 42.6 Å². The normalized spacial score (nSPS) is 14.8. The van der Waals surface area contributed by atoms with Gasteiger partial charge in [0.2, 0.25) is 0 Å². The lowest BCUT2D eigenvalue weighted by molar-refractivity contribution is -0.140. The van der Waals surface area contributed by atoms with E-state index < -0.39 is 30.5 Å². The van der Waals surface area contributed by atoms with E-state index in [-0.39, 0.29) is 12.0 Å². The van der Waals surface area contributed by atoms with Crippen LogP contribution in [0.1, 0.15) is 48.0 Å². The number of fused-ring (bicyclic) bond motifs is 1. The summed E-state index contributed by atoms with van der Waals surface area (Å²) >= 11 is 0. The van der Waals surface area contributed by atoms with Crippen molar-refractivity contribution in [1.82, 2.24) is 10.3 Å². The SMILES string of the molecule is Nc1cc(C(=O)N[C@@H](Cc2c[nH]c3ccc(OCC(=O)O)cc23)C(=O)O)ccc1NC1CCCCC1. The lowest BCUT2D eigenvalue weighted by Crippen LogP contribution is -2.42. The number of carboxylic acid groups (broad SMARTS) is 2. The van der Waals surface area contributed by atoms with Gasteiger partial charge in [0.1, 0.15) is 11.8 Å². The Morgan fingerprint density at radius 2 is 1.86 bits per heavy atom. The first-order chi connectivity index (χ1) is 17.3. The number of aliphatic carboxylic acids is 2. The molecule has 7 N–H and O–H groups in total. The first-order valence-electron chi connectivity index (χ1n) is 11.9. The molecule has 0 bridgehead atoms. The molecule has 10 nitrogen and oxygen atoms in total. The van der Waals surface area contributed by atoms with Crippen molar-refractivity contribution < 1.29 is 29.3 Å². The molecule has 1 heterocycles. The summed E-state index contributed by atoms with van der Waals surface area (Å²) in [5.41, 5.74) is 9.04. The number of anilines is 2. The lowest BCUT2D eigenvalue weighted by Gasteiger charge is -2.24. The minimum absolute atomic E-state index is 0.0141. The molecule has 1 aromatic heterocycles. The van der Waals surface area contributed by atoms with Crippen molar-refractivity contribution in [1.29, 1.82) is 0 Å². The molecule has 2 aromatic carbocycles. The van der Waals surface area contributed by atoms with E-state index >= 15 is 0 Å². The van der Waals surface area contributed by atoms with Crippen LogP contribution in [0.3, 0.4) is 0 Å². The van der Waals surface area contributed by atoms with Crippen LogP contribution in [-0.2, 0) is 16.0 Å². The molecule has 0 saturated heterocycles. The van der Waals surface area contributed by atoms with Crippen LogP contribution in [0.5, 0.6) is 5.75 Å². The standard InChI is InChI=1S/C26H30N4O6/c27-20-10-15(6-8-22(20)29-17-4-2-1-3-5-17)25(33)30-23(26(34)35)11-16-13-28-21-9-7-18(12-19(16)21)36-14-24(31)32/h6-10,12-13,17,23,28-29H,1-5,11,14,27H2,(H,30,33)(H,31,32)(H,34,35)/t23-/m0/s1. The zero-order valence-corrected chi connectivity index (χ0v) is 19.8. The number of rotatable bonds is 10. The Morgan fingerprint density at radius 3 is 2.56 bits per heavy atom. The molecule has 1 saturated carbocycles. The molecule has 10 heteroatoms. The summed E-state index contributed by atoms with van der Waals surface area (Å²) < 4.78 is 5.23. The molecule has 36 heavy (non-hydrogen) atoms. The largest absolute Gasteiger partial charge is 0.482 e. The maximum Gasteiger partial charge on any atom is 0.341 e. The van der Waals surface area contributed by atoms with Crippen LogP contribution >= 0.6 is 0 Å². The molecule has 0 spiro atoms. The summed E-state index contributed by atoms with van der Waals surface area (Å²) in [5.74, 6) is -2.47. The molecule has 1 atom stereocenters. The lowest BCUT2D eigenvalue weighted by atomic mass is 9.95. The van der Waals surface area contributed by atoms with Crippen LogP contribution in [0.2, 0.25) is 0 Å². The van der Waals surface area contributed by atoms with Crippen LogP contribution in [0.15, 0.2) is 42.6 Å². The average molecular weight is 495 g/mol. The van der Waals surface area contributed by atoms with Gasteiger partial charge in [-0.05, 0) is 54.8 Å². The number of hydrogen-bond acceptors (Lipinski definition) is 6. The zero-order chi connectivity index (χ0) is 25.7. The minimum Gasteiger partial charge on any atom is -0.482 e. The molecule has 1 aliphatic rings. The summed E-state index contributed by atoms with van der Waals surface area (Å²) in [5, 5.41) is 25.3. The Kier molecular flexibility index (Phi) is 7.62. The number of ether oxygens (including phenoxy) is 1. The van der Waals surface area contributed by atoms with Crippen molar-refractivity contribution in [2.24, 2.45) is 0 Å². The number of nitrogens with one attached hydrogen (secondary N) is 3. The maximum atomic E-state index is 12.9. The van der Waals surface area contributed by atoms with Crippen LogP contribution < -0.4 is 21.1 Å². The quantitative estimate of drug-likeness (QED) is 0.233. The van der Waals surface area contributed by atoms with Gasteiger partial charge in [0.15, 0.2) is 6.61 Å². The smallest absolute Gasteiger partial charge is 0.341 e. The van der Waals surface area contributed by atoms with E-state index in [9.17, 15) is 19.5 Å². The van der Waals surface area contributed by atoms with Crippen molar-refractivity contribution in [2.75, 3.05) is 17.7 Å². The molecule has 0 radical (unpaired) electrons. The third-order valence-electron chi connectivity index (χ3n) is 6.41. The molecular weight excluding hydrogens is 464 g/mol. The molecule has 4 rings (SSSR count). The predicted molar refractivity (Wildman–Crippen MR) is 135 cm³/mol. The number of nitrogens with two attached hydrogens (primary N) is 1. The Balaban J connectivity index is 1.45. The molecule has 190 valence electrons. The number of H-pyrrole nitrogens is 1. The molecule has 1 fully saturated rings. The number of nitrogen functional groups attached to an aromatic ring is 1. The van der Waals surface area contributed by atoms with E-state index in [0.717, 1.165) is 24.0 Å².